The molecule has 0 radical (unpaired) electrons. The first-order valence-electron chi connectivity index (χ1n) is 8.42. The number of H-pyrrole nitrogens is 1. The van der Waals surface area contributed by atoms with Crippen molar-refractivity contribution in [3.05, 3.63) is 70.1 Å². The number of fused-ring (bicyclic) bond motifs is 3. The molecule has 128 valence electrons. The van der Waals surface area contributed by atoms with Gasteiger partial charge in [-0.15, -0.1) is 0 Å². The second-order valence-electron chi connectivity index (χ2n) is 6.55. The van der Waals surface area contributed by atoms with Crippen molar-refractivity contribution in [3.8, 4) is 0 Å². The van der Waals surface area contributed by atoms with Gasteiger partial charge in [0, 0.05) is 27.7 Å². The summed E-state index contributed by atoms with van der Waals surface area (Å²) in [5.41, 5.74) is 3.94. The number of aromatic amines is 1. The number of amides is 1. The van der Waals surface area contributed by atoms with Gasteiger partial charge in [-0.2, -0.15) is 0 Å². The Morgan fingerprint density at radius 1 is 1.28 bits per heavy atom. The molecule has 0 bridgehead atoms. The highest BCUT2D eigenvalue weighted by Crippen LogP contribution is 2.31. The minimum atomic E-state index is -0.338. The lowest BCUT2D eigenvalue weighted by atomic mass is 9.91. The van der Waals surface area contributed by atoms with Crippen molar-refractivity contribution in [2.75, 3.05) is 0 Å². The number of benzene rings is 2. The Bertz CT molecular complexity index is 950. The molecule has 1 aliphatic carbocycles. The predicted octanol–water partition coefficient (Wildman–Crippen LogP) is 4.18. The normalized spacial score (nSPS) is 16.6. The summed E-state index contributed by atoms with van der Waals surface area (Å²) in [6.45, 7) is 0. The molecule has 4 rings (SSSR count). The van der Waals surface area contributed by atoms with E-state index in [1.807, 2.05) is 18.2 Å². The van der Waals surface area contributed by atoms with E-state index in [0.29, 0.717) is 10.6 Å². The highest BCUT2D eigenvalue weighted by atomic mass is 35.5. The fraction of sp³-hybridized carbons (Fsp3) is 0.250. The lowest BCUT2D eigenvalue weighted by Crippen LogP contribution is -2.39. The second-order valence-corrected chi connectivity index (χ2v) is 6.98. The summed E-state index contributed by atoms with van der Waals surface area (Å²) in [4.78, 5) is 15.7. The topological polar surface area (TPSA) is 44.9 Å². The molecule has 0 aliphatic heterocycles. The number of aryl methyl sites for hydroxylation is 1. The van der Waals surface area contributed by atoms with E-state index >= 15 is 0 Å². The summed E-state index contributed by atoms with van der Waals surface area (Å²) in [6.07, 6.45) is 2.58. The van der Waals surface area contributed by atoms with Crippen LogP contribution in [-0.4, -0.2) is 16.9 Å². The number of aromatic nitrogens is 1. The van der Waals surface area contributed by atoms with Crippen LogP contribution in [0, 0.1) is 5.82 Å². The van der Waals surface area contributed by atoms with Gasteiger partial charge in [0.25, 0.3) is 0 Å². The van der Waals surface area contributed by atoms with Gasteiger partial charge in [0.15, 0.2) is 0 Å². The zero-order valence-corrected chi connectivity index (χ0v) is 14.4. The molecule has 1 amide bonds. The summed E-state index contributed by atoms with van der Waals surface area (Å²) in [6, 6.07) is 12.3. The van der Waals surface area contributed by atoms with Crippen molar-refractivity contribution >= 4 is 28.4 Å². The Morgan fingerprint density at radius 3 is 2.96 bits per heavy atom. The molecule has 2 aromatic carbocycles. The van der Waals surface area contributed by atoms with Gasteiger partial charge in [0.2, 0.25) is 5.91 Å². The van der Waals surface area contributed by atoms with E-state index in [-0.39, 0.29) is 24.2 Å². The van der Waals surface area contributed by atoms with E-state index in [2.05, 4.69) is 10.3 Å². The Balaban J connectivity index is 1.49. The van der Waals surface area contributed by atoms with Crippen molar-refractivity contribution in [3.63, 3.8) is 0 Å². The van der Waals surface area contributed by atoms with Crippen molar-refractivity contribution in [1.29, 1.82) is 0 Å². The van der Waals surface area contributed by atoms with E-state index in [1.165, 1.54) is 17.3 Å². The molecule has 3 aromatic rings. The van der Waals surface area contributed by atoms with Crippen LogP contribution in [-0.2, 0) is 24.1 Å². The van der Waals surface area contributed by atoms with Crippen LogP contribution in [0.25, 0.3) is 10.9 Å². The molecular weight excluding hydrogens is 339 g/mol. The smallest absolute Gasteiger partial charge is 0.224 e. The lowest BCUT2D eigenvalue weighted by Gasteiger charge is -2.23. The minimum Gasteiger partial charge on any atom is -0.358 e. The number of nitrogens with one attached hydrogen (secondary N) is 2. The first kappa shape index (κ1) is 16.2. The van der Waals surface area contributed by atoms with Gasteiger partial charge in [0.1, 0.15) is 5.82 Å². The van der Waals surface area contributed by atoms with Gasteiger partial charge < -0.3 is 10.3 Å². The maximum absolute atomic E-state index is 13.7. The highest BCUT2D eigenvalue weighted by molar-refractivity contribution is 6.31. The number of carbonyl (C=O) groups is 1. The van der Waals surface area contributed by atoms with E-state index < -0.39 is 0 Å². The van der Waals surface area contributed by atoms with Crippen LogP contribution < -0.4 is 5.32 Å². The van der Waals surface area contributed by atoms with Crippen LogP contribution in [0.4, 0.5) is 4.39 Å². The fourth-order valence-corrected chi connectivity index (χ4v) is 3.78. The molecular formula is C20H18ClFN2O. The Morgan fingerprint density at radius 2 is 2.12 bits per heavy atom. The lowest BCUT2D eigenvalue weighted by molar-refractivity contribution is -0.121. The van der Waals surface area contributed by atoms with Gasteiger partial charge in [-0.1, -0.05) is 29.8 Å². The van der Waals surface area contributed by atoms with Crippen LogP contribution in [0.3, 0.4) is 0 Å². The summed E-state index contributed by atoms with van der Waals surface area (Å²) >= 11 is 6.12. The second kappa shape index (κ2) is 6.52. The molecule has 25 heavy (non-hydrogen) atoms. The maximum Gasteiger partial charge on any atom is 0.224 e. The van der Waals surface area contributed by atoms with Crippen LogP contribution in [0.15, 0.2) is 42.5 Å². The van der Waals surface area contributed by atoms with E-state index in [1.54, 1.807) is 18.2 Å². The third-order valence-electron chi connectivity index (χ3n) is 4.82. The van der Waals surface area contributed by atoms with Crippen molar-refractivity contribution in [2.45, 2.75) is 31.7 Å². The molecule has 1 aromatic heterocycles. The predicted molar refractivity (Wildman–Crippen MR) is 97.4 cm³/mol. The molecule has 0 fully saturated rings. The van der Waals surface area contributed by atoms with Gasteiger partial charge in [-0.25, -0.2) is 4.39 Å². The number of carbonyl (C=O) groups excluding carboxylic acids is 1. The Labute approximate surface area is 150 Å². The molecule has 1 heterocycles. The number of hydrogen-bond donors (Lipinski definition) is 2. The quantitative estimate of drug-likeness (QED) is 0.726. The van der Waals surface area contributed by atoms with Gasteiger partial charge in [0.05, 0.1) is 6.42 Å². The zero-order chi connectivity index (χ0) is 17.4. The molecule has 1 atom stereocenters. The summed E-state index contributed by atoms with van der Waals surface area (Å²) in [7, 11) is 0. The molecule has 3 nitrogen and oxygen atoms in total. The van der Waals surface area contributed by atoms with Crippen LogP contribution >= 0.6 is 11.6 Å². The molecule has 0 unspecified atom stereocenters. The van der Waals surface area contributed by atoms with Crippen LogP contribution in [0.1, 0.15) is 23.2 Å². The largest absolute Gasteiger partial charge is 0.358 e. The first-order chi connectivity index (χ1) is 12.1. The van der Waals surface area contributed by atoms with E-state index in [4.69, 9.17) is 11.6 Å². The van der Waals surface area contributed by atoms with Gasteiger partial charge in [-0.3, -0.25) is 4.79 Å². The van der Waals surface area contributed by atoms with Crippen molar-refractivity contribution in [2.24, 2.45) is 0 Å². The Kier molecular flexibility index (Phi) is 4.22. The van der Waals surface area contributed by atoms with Crippen LogP contribution in [0.5, 0.6) is 0 Å². The third-order valence-corrected chi connectivity index (χ3v) is 5.06. The van der Waals surface area contributed by atoms with Crippen molar-refractivity contribution < 1.29 is 9.18 Å². The van der Waals surface area contributed by atoms with Crippen molar-refractivity contribution in [1.82, 2.24) is 10.3 Å². The third kappa shape index (κ3) is 3.27. The number of rotatable bonds is 3. The minimum absolute atomic E-state index is 0.0600. The highest BCUT2D eigenvalue weighted by Gasteiger charge is 2.24. The molecule has 0 spiro atoms. The van der Waals surface area contributed by atoms with E-state index in [0.717, 1.165) is 30.2 Å². The molecule has 0 saturated carbocycles. The standard InChI is InChI=1S/C20H18ClFN2O/c21-13-5-7-18-15(10-13)16-11-14(6-8-19(16)24-18)23-20(25)9-12-3-1-2-4-17(12)22/h1-5,7,10,14,24H,6,8-9,11H2,(H,23,25)/t14-/m0/s1. The average molecular weight is 357 g/mol. The number of hydrogen-bond acceptors (Lipinski definition) is 1. The first-order valence-corrected chi connectivity index (χ1v) is 8.79. The average Bonchev–Trinajstić information content (AvgIpc) is 2.94. The van der Waals surface area contributed by atoms with Gasteiger partial charge >= 0.3 is 0 Å². The molecule has 2 N–H and O–H groups in total. The Hall–Kier alpha value is -2.33. The van der Waals surface area contributed by atoms with Crippen LogP contribution in [0.2, 0.25) is 5.02 Å². The molecule has 5 heteroatoms. The van der Waals surface area contributed by atoms with E-state index in [9.17, 15) is 9.18 Å². The summed E-state index contributed by atoms with van der Waals surface area (Å²) in [5, 5.41) is 4.88. The van der Waals surface area contributed by atoms with Gasteiger partial charge in [-0.05, 0) is 54.7 Å². The number of halogens is 2. The monoisotopic (exact) mass is 356 g/mol. The SMILES string of the molecule is O=C(Cc1ccccc1F)N[C@H]1CCc2[nH]c3ccc(Cl)cc3c2C1. The summed E-state index contributed by atoms with van der Waals surface area (Å²) < 4.78 is 13.7. The summed E-state index contributed by atoms with van der Waals surface area (Å²) in [5.74, 6) is -0.480. The molecule has 0 saturated heterocycles. The zero-order valence-electron chi connectivity index (χ0n) is 13.6. The maximum atomic E-state index is 13.7. The molecule has 1 aliphatic rings. The fourth-order valence-electron chi connectivity index (χ4n) is 3.61.